The summed E-state index contributed by atoms with van der Waals surface area (Å²) in [6.07, 6.45) is 0. The highest BCUT2D eigenvalue weighted by molar-refractivity contribution is 5.79. The van der Waals surface area contributed by atoms with Crippen molar-refractivity contribution < 1.29 is 0 Å². The standard InChI is InChI=1S/C14H23N7/c1-20-6-8-21(9-7-20)10-11-2-4-12(5-3-11)14(16)17-13(15)18-19-14/h2-5,19H,6-10,16H2,1H3,(H3,15,17,18). The molecular formula is C14H23N7. The molecule has 3 rings (SSSR count). The van der Waals surface area contributed by atoms with Crippen molar-refractivity contribution in [1.29, 1.82) is 0 Å². The number of likely N-dealkylation sites (N-methyl/N-ethyl adjacent to an activating group) is 1. The van der Waals surface area contributed by atoms with Crippen LogP contribution < -0.4 is 22.3 Å². The molecule has 1 atom stereocenters. The lowest BCUT2D eigenvalue weighted by Crippen LogP contribution is -2.50. The molecule has 0 amide bonds. The van der Waals surface area contributed by atoms with Gasteiger partial charge in [-0.15, -0.1) is 0 Å². The minimum Gasteiger partial charge on any atom is -0.369 e. The zero-order chi connectivity index (χ0) is 14.9. The van der Waals surface area contributed by atoms with Crippen molar-refractivity contribution in [2.75, 3.05) is 33.2 Å². The number of nitrogens with two attached hydrogens (primary N) is 2. The summed E-state index contributed by atoms with van der Waals surface area (Å²) in [6.45, 7) is 5.47. The molecular weight excluding hydrogens is 266 g/mol. The van der Waals surface area contributed by atoms with Gasteiger partial charge >= 0.3 is 0 Å². The predicted octanol–water partition coefficient (Wildman–Crippen LogP) is -1.07. The SMILES string of the molecule is CN1CCN(Cc2ccc(C3(N)N=C(N)NN3)cc2)CC1. The molecule has 0 spiro atoms. The van der Waals surface area contributed by atoms with Crippen molar-refractivity contribution in [3.05, 3.63) is 35.4 Å². The predicted molar refractivity (Wildman–Crippen MR) is 83.0 cm³/mol. The molecule has 2 heterocycles. The first kappa shape index (κ1) is 14.3. The number of benzene rings is 1. The van der Waals surface area contributed by atoms with Crippen LogP contribution in [-0.4, -0.2) is 49.0 Å². The van der Waals surface area contributed by atoms with Crippen LogP contribution in [0.15, 0.2) is 29.3 Å². The maximum absolute atomic E-state index is 6.16. The summed E-state index contributed by atoms with van der Waals surface area (Å²) in [5, 5.41) is 0. The first-order valence-corrected chi connectivity index (χ1v) is 7.23. The van der Waals surface area contributed by atoms with Gasteiger partial charge in [0.1, 0.15) is 0 Å². The van der Waals surface area contributed by atoms with Crippen molar-refractivity contribution in [2.45, 2.75) is 12.3 Å². The third-order valence-corrected chi connectivity index (χ3v) is 4.07. The van der Waals surface area contributed by atoms with Crippen LogP contribution in [0.2, 0.25) is 0 Å². The highest BCUT2D eigenvalue weighted by Gasteiger charge is 2.31. The molecule has 1 aromatic carbocycles. The lowest BCUT2D eigenvalue weighted by atomic mass is 10.1. The molecule has 7 heteroatoms. The summed E-state index contributed by atoms with van der Waals surface area (Å²) in [7, 11) is 2.17. The Hall–Kier alpha value is -1.67. The van der Waals surface area contributed by atoms with E-state index in [1.54, 1.807) is 0 Å². The lowest BCUT2D eigenvalue weighted by Gasteiger charge is -2.32. The average molecular weight is 289 g/mol. The Kier molecular flexibility index (Phi) is 3.81. The van der Waals surface area contributed by atoms with E-state index < -0.39 is 5.79 Å². The fraction of sp³-hybridized carbons (Fsp3) is 0.500. The van der Waals surface area contributed by atoms with Crippen molar-refractivity contribution in [2.24, 2.45) is 16.5 Å². The van der Waals surface area contributed by atoms with Gasteiger partial charge in [-0.1, -0.05) is 24.3 Å². The minimum absolute atomic E-state index is 0.305. The molecule has 1 unspecified atom stereocenters. The van der Waals surface area contributed by atoms with E-state index in [0.717, 1.165) is 38.3 Å². The van der Waals surface area contributed by atoms with E-state index in [-0.39, 0.29) is 0 Å². The fourth-order valence-electron chi connectivity index (χ4n) is 2.67. The number of guanidine groups is 1. The highest BCUT2D eigenvalue weighted by Crippen LogP contribution is 2.19. The second kappa shape index (κ2) is 5.61. The molecule has 2 aliphatic rings. The van der Waals surface area contributed by atoms with Gasteiger partial charge in [-0.2, -0.15) is 5.43 Å². The van der Waals surface area contributed by atoms with Gasteiger partial charge in [0.25, 0.3) is 0 Å². The normalized spacial score (nSPS) is 27.4. The van der Waals surface area contributed by atoms with Crippen molar-refractivity contribution in [3.63, 3.8) is 0 Å². The number of rotatable bonds is 3. The molecule has 0 radical (unpaired) electrons. The first-order valence-electron chi connectivity index (χ1n) is 7.23. The Morgan fingerprint density at radius 2 is 1.86 bits per heavy atom. The van der Waals surface area contributed by atoms with Crippen molar-refractivity contribution in [3.8, 4) is 0 Å². The fourth-order valence-corrected chi connectivity index (χ4v) is 2.67. The van der Waals surface area contributed by atoms with E-state index >= 15 is 0 Å². The van der Waals surface area contributed by atoms with Crippen LogP contribution in [-0.2, 0) is 12.3 Å². The molecule has 0 saturated carbocycles. The molecule has 2 aliphatic heterocycles. The number of hydrogen-bond donors (Lipinski definition) is 4. The van der Waals surface area contributed by atoms with Crippen LogP contribution in [0.3, 0.4) is 0 Å². The highest BCUT2D eigenvalue weighted by atomic mass is 15.6. The maximum atomic E-state index is 6.16. The van der Waals surface area contributed by atoms with Gasteiger partial charge in [0.05, 0.1) is 0 Å². The Balaban J connectivity index is 1.65. The van der Waals surface area contributed by atoms with Gasteiger partial charge in [0, 0.05) is 38.3 Å². The Bertz CT molecular complexity index is 519. The number of hydrogen-bond acceptors (Lipinski definition) is 7. The Morgan fingerprint density at radius 3 is 2.43 bits per heavy atom. The third kappa shape index (κ3) is 3.16. The van der Waals surface area contributed by atoms with Gasteiger partial charge in [0.15, 0.2) is 0 Å². The van der Waals surface area contributed by atoms with Crippen LogP contribution in [0.4, 0.5) is 0 Å². The first-order chi connectivity index (χ1) is 10.0. The Morgan fingerprint density at radius 1 is 1.19 bits per heavy atom. The molecule has 1 saturated heterocycles. The third-order valence-electron chi connectivity index (χ3n) is 4.07. The van der Waals surface area contributed by atoms with Crippen LogP contribution in [0.5, 0.6) is 0 Å². The Labute approximate surface area is 125 Å². The zero-order valence-electron chi connectivity index (χ0n) is 12.3. The number of piperazine rings is 1. The van der Waals surface area contributed by atoms with Gasteiger partial charge in [-0.25, -0.2) is 4.99 Å². The molecule has 0 aromatic heterocycles. The van der Waals surface area contributed by atoms with Gasteiger partial charge in [-0.3, -0.25) is 16.1 Å². The summed E-state index contributed by atoms with van der Waals surface area (Å²) >= 11 is 0. The molecule has 0 aliphatic carbocycles. The zero-order valence-corrected chi connectivity index (χ0v) is 12.3. The molecule has 21 heavy (non-hydrogen) atoms. The van der Waals surface area contributed by atoms with Crippen LogP contribution in [0.1, 0.15) is 11.1 Å². The minimum atomic E-state index is -0.976. The van der Waals surface area contributed by atoms with Crippen LogP contribution in [0, 0.1) is 0 Å². The number of hydrazine groups is 1. The van der Waals surface area contributed by atoms with E-state index in [1.807, 2.05) is 12.1 Å². The summed E-state index contributed by atoms with van der Waals surface area (Å²) in [4.78, 5) is 9.01. The second-order valence-electron chi connectivity index (χ2n) is 5.79. The molecule has 114 valence electrons. The van der Waals surface area contributed by atoms with Crippen LogP contribution in [0.25, 0.3) is 0 Å². The summed E-state index contributed by atoms with van der Waals surface area (Å²) in [5.74, 6) is -0.671. The molecule has 1 aromatic rings. The topological polar surface area (TPSA) is 94.9 Å². The van der Waals surface area contributed by atoms with Gasteiger partial charge < -0.3 is 10.6 Å². The van der Waals surface area contributed by atoms with Crippen molar-refractivity contribution in [1.82, 2.24) is 20.7 Å². The average Bonchev–Trinajstić information content (AvgIpc) is 2.83. The van der Waals surface area contributed by atoms with E-state index in [9.17, 15) is 0 Å². The van der Waals surface area contributed by atoms with E-state index in [1.165, 1.54) is 5.56 Å². The molecule has 7 nitrogen and oxygen atoms in total. The summed E-state index contributed by atoms with van der Waals surface area (Å²) < 4.78 is 0. The molecule has 0 bridgehead atoms. The number of nitrogens with one attached hydrogen (secondary N) is 2. The summed E-state index contributed by atoms with van der Waals surface area (Å²) in [6, 6.07) is 8.21. The largest absolute Gasteiger partial charge is 0.369 e. The smallest absolute Gasteiger partial charge is 0.209 e. The van der Waals surface area contributed by atoms with E-state index in [0.29, 0.717) is 5.96 Å². The summed E-state index contributed by atoms with van der Waals surface area (Å²) in [5.41, 5.74) is 19.6. The van der Waals surface area contributed by atoms with Gasteiger partial charge in [-0.05, 0) is 12.6 Å². The monoisotopic (exact) mass is 289 g/mol. The molecule has 6 N–H and O–H groups in total. The quantitative estimate of drug-likeness (QED) is 0.566. The van der Waals surface area contributed by atoms with E-state index in [2.05, 4.69) is 44.8 Å². The lowest BCUT2D eigenvalue weighted by molar-refractivity contribution is 0.148. The molecule has 1 fully saturated rings. The number of nitrogens with zero attached hydrogens (tertiary/aromatic N) is 3. The van der Waals surface area contributed by atoms with Crippen molar-refractivity contribution >= 4 is 5.96 Å². The van der Waals surface area contributed by atoms with Gasteiger partial charge in [0.2, 0.25) is 11.7 Å². The van der Waals surface area contributed by atoms with E-state index in [4.69, 9.17) is 11.5 Å². The van der Waals surface area contributed by atoms with Crippen LogP contribution >= 0.6 is 0 Å². The maximum Gasteiger partial charge on any atom is 0.209 e. The number of aliphatic imine (C=N–C) groups is 1. The second-order valence-corrected chi connectivity index (χ2v) is 5.79.